The fraction of sp³-hybridized carbons (Fsp3) is 0.667. The Bertz CT molecular complexity index is 454. The second-order valence-corrected chi connectivity index (χ2v) is 6.44. The average Bonchev–Trinajstić information content (AvgIpc) is 2.67. The van der Waals surface area contributed by atoms with Crippen LogP contribution in [0, 0.1) is 0 Å². The minimum absolute atomic E-state index is 0.309. The Hall–Kier alpha value is -1.06. The van der Waals surface area contributed by atoms with Crippen LogP contribution < -0.4 is 10.2 Å². The Morgan fingerprint density at radius 2 is 2.00 bits per heavy atom. The first kappa shape index (κ1) is 14.9. The van der Waals surface area contributed by atoms with Gasteiger partial charge in [-0.2, -0.15) is 0 Å². The van der Waals surface area contributed by atoms with Crippen molar-refractivity contribution >= 4 is 5.69 Å². The average molecular weight is 288 g/mol. The van der Waals surface area contributed by atoms with Gasteiger partial charge in [-0.3, -0.25) is 0 Å². The van der Waals surface area contributed by atoms with E-state index < -0.39 is 0 Å². The van der Waals surface area contributed by atoms with Gasteiger partial charge in [0.25, 0.3) is 0 Å². The normalized spacial score (nSPS) is 21.1. The first-order valence-electron chi connectivity index (χ1n) is 8.49. The van der Waals surface area contributed by atoms with Crippen LogP contribution in [0.2, 0.25) is 0 Å². The van der Waals surface area contributed by atoms with Crippen molar-refractivity contribution in [3.05, 3.63) is 29.8 Å². The first-order valence-corrected chi connectivity index (χ1v) is 8.49. The Balaban J connectivity index is 1.81. The zero-order chi connectivity index (χ0) is 14.5. The fourth-order valence-electron chi connectivity index (χ4n) is 3.84. The van der Waals surface area contributed by atoms with E-state index in [1.54, 1.807) is 0 Å². The lowest BCUT2D eigenvalue weighted by atomic mass is 9.81. The van der Waals surface area contributed by atoms with Crippen LogP contribution in [0.4, 0.5) is 5.69 Å². The molecule has 1 spiro atoms. The molecule has 1 saturated carbocycles. The van der Waals surface area contributed by atoms with E-state index in [2.05, 4.69) is 41.4 Å². The summed E-state index contributed by atoms with van der Waals surface area (Å²) in [6.45, 7) is 6.81. The summed E-state index contributed by atoms with van der Waals surface area (Å²) in [5.74, 6) is 0. The van der Waals surface area contributed by atoms with Crippen molar-refractivity contribution in [2.24, 2.45) is 0 Å². The van der Waals surface area contributed by atoms with Gasteiger partial charge in [0.15, 0.2) is 0 Å². The van der Waals surface area contributed by atoms with E-state index in [0.29, 0.717) is 5.54 Å². The zero-order valence-electron chi connectivity index (χ0n) is 13.2. The predicted molar refractivity (Wildman–Crippen MR) is 87.8 cm³/mol. The van der Waals surface area contributed by atoms with Crippen molar-refractivity contribution in [2.45, 2.75) is 51.1 Å². The van der Waals surface area contributed by atoms with Gasteiger partial charge >= 0.3 is 0 Å². The maximum Gasteiger partial charge on any atom is 0.0641 e. The molecule has 0 atom stereocenters. The van der Waals surface area contributed by atoms with Crippen molar-refractivity contribution in [3.63, 3.8) is 0 Å². The smallest absolute Gasteiger partial charge is 0.0641 e. The van der Waals surface area contributed by atoms with E-state index in [-0.39, 0.29) is 0 Å². The lowest BCUT2D eigenvalue weighted by molar-refractivity contribution is 0.151. The van der Waals surface area contributed by atoms with E-state index in [9.17, 15) is 0 Å². The van der Waals surface area contributed by atoms with Crippen LogP contribution in [0.3, 0.4) is 0 Å². The Morgan fingerprint density at radius 3 is 2.81 bits per heavy atom. The Labute approximate surface area is 128 Å². The van der Waals surface area contributed by atoms with Gasteiger partial charge < -0.3 is 15.0 Å². The third-order valence-corrected chi connectivity index (χ3v) is 5.00. The highest BCUT2D eigenvalue weighted by Gasteiger charge is 2.35. The van der Waals surface area contributed by atoms with Crippen molar-refractivity contribution in [1.29, 1.82) is 0 Å². The molecule has 1 N–H and O–H groups in total. The van der Waals surface area contributed by atoms with Gasteiger partial charge in [-0.05, 0) is 31.4 Å². The van der Waals surface area contributed by atoms with E-state index in [1.165, 1.54) is 43.4 Å². The van der Waals surface area contributed by atoms with Crippen LogP contribution in [0.15, 0.2) is 24.3 Å². The van der Waals surface area contributed by atoms with E-state index in [1.807, 2.05) is 0 Å². The van der Waals surface area contributed by atoms with Gasteiger partial charge in [0.2, 0.25) is 0 Å². The lowest BCUT2D eigenvalue weighted by Crippen LogP contribution is -2.53. The topological polar surface area (TPSA) is 24.5 Å². The molecule has 21 heavy (non-hydrogen) atoms. The molecule has 0 aromatic heterocycles. The number of rotatable bonds is 4. The molecule has 116 valence electrons. The molecule has 3 heteroatoms. The van der Waals surface area contributed by atoms with E-state index in [0.717, 1.165) is 32.8 Å². The number of hydrogen-bond acceptors (Lipinski definition) is 3. The summed E-state index contributed by atoms with van der Waals surface area (Å²) in [7, 11) is 0. The molecule has 1 aliphatic carbocycles. The number of fused-ring (bicyclic) bond motifs is 1. The molecule has 1 fully saturated rings. The van der Waals surface area contributed by atoms with Gasteiger partial charge in [-0.15, -0.1) is 0 Å². The molecule has 1 heterocycles. The molecular weight excluding hydrogens is 260 g/mol. The predicted octanol–water partition coefficient (Wildman–Crippen LogP) is 3.34. The molecule has 1 aromatic carbocycles. The number of nitrogens with one attached hydrogen (secondary N) is 1. The minimum Gasteiger partial charge on any atom is -0.380 e. The largest absolute Gasteiger partial charge is 0.380 e. The third-order valence-electron chi connectivity index (χ3n) is 5.00. The van der Waals surface area contributed by atoms with Crippen molar-refractivity contribution < 1.29 is 4.74 Å². The van der Waals surface area contributed by atoms with Crippen molar-refractivity contribution in [2.75, 3.05) is 31.2 Å². The van der Waals surface area contributed by atoms with E-state index >= 15 is 0 Å². The van der Waals surface area contributed by atoms with Crippen LogP contribution in [0.1, 0.15) is 44.6 Å². The molecule has 1 aliphatic heterocycles. The van der Waals surface area contributed by atoms with Crippen LogP contribution in [0.5, 0.6) is 0 Å². The zero-order valence-corrected chi connectivity index (χ0v) is 13.2. The molecule has 1 aromatic rings. The highest BCUT2D eigenvalue weighted by atomic mass is 16.5. The fourth-order valence-corrected chi connectivity index (χ4v) is 3.84. The van der Waals surface area contributed by atoms with Crippen LogP contribution in [-0.2, 0) is 11.3 Å². The number of benzene rings is 1. The molecule has 3 rings (SSSR count). The summed E-state index contributed by atoms with van der Waals surface area (Å²) in [4.78, 5) is 2.55. The molecule has 0 saturated heterocycles. The van der Waals surface area contributed by atoms with Crippen molar-refractivity contribution in [1.82, 2.24) is 5.32 Å². The Kier molecular flexibility index (Phi) is 4.81. The highest BCUT2D eigenvalue weighted by Crippen LogP contribution is 2.34. The number of anilines is 1. The highest BCUT2D eigenvalue weighted by molar-refractivity contribution is 5.55. The van der Waals surface area contributed by atoms with Crippen LogP contribution in [-0.4, -0.2) is 31.8 Å². The summed E-state index contributed by atoms with van der Waals surface area (Å²) in [5.41, 5.74) is 3.13. The van der Waals surface area contributed by atoms with Gasteiger partial charge in [0.05, 0.1) is 6.61 Å². The number of hydrogen-bond donors (Lipinski definition) is 1. The first-order chi connectivity index (χ1) is 10.3. The maximum atomic E-state index is 5.61. The van der Waals surface area contributed by atoms with Gasteiger partial charge in [-0.25, -0.2) is 0 Å². The number of para-hydroxylation sites is 1. The summed E-state index contributed by atoms with van der Waals surface area (Å²) < 4.78 is 5.61. The van der Waals surface area contributed by atoms with Crippen molar-refractivity contribution in [3.8, 4) is 0 Å². The monoisotopic (exact) mass is 288 g/mol. The quantitative estimate of drug-likeness (QED) is 0.860. The Morgan fingerprint density at radius 1 is 1.19 bits per heavy atom. The van der Waals surface area contributed by atoms with Gasteiger partial charge in [0.1, 0.15) is 0 Å². The molecule has 0 radical (unpaired) electrons. The molecule has 3 nitrogen and oxygen atoms in total. The molecule has 0 unspecified atom stereocenters. The van der Waals surface area contributed by atoms with Crippen LogP contribution in [0.25, 0.3) is 0 Å². The standard InChI is InChI=1S/C18H28N2O/c1-2-21-13-12-20-15-18(10-6-3-7-11-18)19-14-16-8-4-5-9-17(16)20/h4-5,8-9,19H,2-3,6-7,10-15H2,1H3. The second-order valence-electron chi connectivity index (χ2n) is 6.44. The molecule has 2 aliphatic rings. The maximum absolute atomic E-state index is 5.61. The molecule has 0 bridgehead atoms. The SMILES string of the molecule is CCOCCN1CC2(CCCCC2)NCc2ccccc21. The lowest BCUT2D eigenvalue weighted by Gasteiger charge is -2.40. The number of ether oxygens (including phenoxy) is 1. The summed E-state index contributed by atoms with van der Waals surface area (Å²) >= 11 is 0. The van der Waals surface area contributed by atoms with Gasteiger partial charge in [-0.1, -0.05) is 37.5 Å². The van der Waals surface area contributed by atoms with E-state index in [4.69, 9.17) is 4.74 Å². The summed E-state index contributed by atoms with van der Waals surface area (Å²) in [6, 6.07) is 8.84. The number of nitrogens with zero attached hydrogens (tertiary/aromatic N) is 1. The summed E-state index contributed by atoms with van der Waals surface area (Å²) in [6.07, 6.45) is 6.75. The second kappa shape index (κ2) is 6.80. The third kappa shape index (κ3) is 3.41. The molecular formula is C18H28N2O. The van der Waals surface area contributed by atoms with Gasteiger partial charge in [0, 0.05) is 37.5 Å². The minimum atomic E-state index is 0.309. The molecule has 0 amide bonds. The van der Waals surface area contributed by atoms with Crippen LogP contribution >= 0.6 is 0 Å². The summed E-state index contributed by atoms with van der Waals surface area (Å²) in [5, 5.41) is 3.89.